The smallest absolute Gasteiger partial charge is 0.225 e. The van der Waals surface area contributed by atoms with Crippen LogP contribution in [-0.2, 0) is 16.8 Å². The Hall–Kier alpha value is -3.14. The lowest BCUT2D eigenvalue weighted by atomic mass is 9.77. The highest BCUT2D eigenvalue weighted by molar-refractivity contribution is 6.31. The van der Waals surface area contributed by atoms with Crippen molar-refractivity contribution in [3.63, 3.8) is 0 Å². The molecule has 1 aliphatic rings. The number of hydrogen-bond acceptors (Lipinski definition) is 6. The molecule has 2 heterocycles. The van der Waals surface area contributed by atoms with Crippen LogP contribution in [0.15, 0.2) is 48.7 Å². The van der Waals surface area contributed by atoms with Crippen LogP contribution < -0.4 is 9.64 Å². The zero-order valence-electron chi connectivity index (χ0n) is 19.1. The van der Waals surface area contributed by atoms with Crippen molar-refractivity contribution < 1.29 is 9.47 Å². The summed E-state index contributed by atoms with van der Waals surface area (Å²) < 4.78 is 11.4. The molecule has 170 valence electrons. The van der Waals surface area contributed by atoms with E-state index in [-0.39, 0.29) is 5.41 Å². The molecule has 4 rings (SSSR count). The van der Waals surface area contributed by atoms with Crippen molar-refractivity contribution >= 4 is 17.5 Å². The van der Waals surface area contributed by atoms with Gasteiger partial charge in [0.05, 0.1) is 30.5 Å². The molecule has 3 aromatic rings. The first-order valence-electron chi connectivity index (χ1n) is 11.0. The highest BCUT2D eigenvalue weighted by Gasteiger charge is 2.25. The summed E-state index contributed by atoms with van der Waals surface area (Å²) in [6.07, 6.45) is 1.77. The van der Waals surface area contributed by atoms with Gasteiger partial charge in [-0.1, -0.05) is 37.6 Å². The van der Waals surface area contributed by atoms with Crippen molar-refractivity contribution in [1.82, 2.24) is 9.97 Å². The van der Waals surface area contributed by atoms with Crippen LogP contribution in [0.25, 0.3) is 0 Å². The standard InChI is InChI=1S/C26H27ClN4O2/c1-18-19(16-28)14-21(15-24(18)27)26(2,3)20-4-6-23(7-5-20)33-17-22-8-9-29-25(30-22)31-10-12-32-13-11-31/h4-9,14-15H,10-13,17H2,1-3H3. The normalized spacial score (nSPS) is 14.1. The molecule has 0 spiro atoms. The maximum absolute atomic E-state index is 9.44. The van der Waals surface area contributed by atoms with Gasteiger partial charge < -0.3 is 14.4 Å². The van der Waals surface area contributed by atoms with E-state index in [1.54, 1.807) is 6.20 Å². The number of halogens is 1. The van der Waals surface area contributed by atoms with E-state index in [1.165, 1.54) is 0 Å². The Kier molecular flexibility index (Phi) is 6.83. The van der Waals surface area contributed by atoms with Gasteiger partial charge in [0.1, 0.15) is 12.4 Å². The average molecular weight is 463 g/mol. The van der Waals surface area contributed by atoms with Crippen LogP contribution in [0, 0.1) is 18.3 Å². The van der Waals surface area contributed by atoms with E-state index in [2.05, 4.69) is 34.8 Å². The minimum absolute atomic E-state index is 0.318. The Balaban J connectivity index is 1.46. The first-order chi connectivity index (χ1) is 15.9. The number of anilines is 1. The molecular formula is C26H27ClN4O2. The Morgan fingerprint density at radius 3 is 2.55 bits per heavy atom. The molecule has 1 aromatic heterocycles. The average Bonchev–Trinajstić information content (AvgIpc) is 2.85. The largest absolute Gasteiger partial charge is 0.487 e. The van der Waals surface area contributed by atoms with Crippen molar-refractivity contribution in [3.8, 4) is 11.8 Å². The fourth-order valence-electron chi connectivity index (χ4n) is 3.83. The van der Waals surface area contributed by atoms with E-state index in [4.69, 9.17) is 21.1 Å². The maximum atomic E-state index is 9.44. The summed E-state index contributed by atoms with van der Waals surface area (Å²) in [6, 6.07) is 16.0. The molecule has 6 nitrogen and oxygen atoms in total. The van der Waals surface area contributed by atoms with Gasteiger partial charge in [-0.25, -0.2) is 9.97 Å². The van der Waals surface area contributed by atoms with Gasteiger partial charge in [-0.2, -0.15) is 5.26 Å². The molecule has 0 unspecified atom stereocenters. The quantitative estimate of drug-likeness (QED) is 0.510. The number of morpholine rings is 1. The Labute approximate surface area is 199 Å². The van der Waals surface area contributed by atoms with Gasteiger partial charge in [0, 0.05) is 29.7 Å². The van der Waals surface area contributed by atoms with E-state index in [0.29, 0.717) is 36.4 Å². The fraction of sp³-hybridized carbons (Fsp3) is 0.346. The van der Waals surface area contributed by atoms with Crippen molar-refractivity contribution in [2.45, 2.75) is 32.8 Å². The molecule has 0 saturated carbocycles. The molecule has 7 heteroatoms. The van der Waals surface area contributed by atoms with Crippen molar-refractivity contribution in [3.05, 3.63) is 81.6 Å². The van der Waals surface area contributed by atoms with Crippen LogP contribution in [0.4, 0.5) is 5.95 Å². The Bertz CT molecular complexity index is 1170. The summed E-state index contributed by atoms with van der Waals surface area (Å²) in [7, 11) is 0. The molecule has 1 aliphatic heterocycles. The van der Waals surface area contributed by atoms with E-state index >= 15 is 0 Å². The van der Waals surface area contributed by atoms with E-state index in [0.717, 1.165) is 41.2 Å². The lowest BCUT2D eigenvalue weighted by Gasteiger charge is -2.27. The number of nitrogens with zero attached hydrogens (tertiary/aromatic N) is 4. The van der Waals surface area contributed by atoms with E-state index < -0.39 is 0 Å². The first kappa shape index (κ1) is 23.0. The lowest BCUT2D eigenvalue weighted by molar-refractivity contribution is 0.122. The molecule has 0 radical (unpaired) electrons. The zero-order valence-corrected chi connectivity index (χ0v) is 19.9. The van der Waals surface area contributed by atoms with E-state index in [1.807, 2.05) is 49.4 Å². The molecular weight excluding hydrogens is 436 g/mol. The number of ether oxygens (including phenoxy) is 2. The molecule has 1 fully saturated rings. The second-order valence-electron chi connectivity index (χ2n) is 8.63. The van der Waals surface area contributed by atoms with Gasteiger partial charge in [-0.3, -0.25) is 0 Å². The predicted molar refractivity (Wildman–Crippen MR) is 129 cm³/mol. The third-order valence-corrected chi connectivity index (χ3v) is 6.54. The molecule has 2 aromatic carbocycles. The number of hydrogen-bond donors (Lipinski definition) is 0. The predicted octanol–water partition coefficient (Wildman–Crippen LogP) is 5.05. The summed E-state index contributed by atoms with van der Waals surface area (Å²) >= 11 is 6.39. The minimum Gasteiger partial charge on any atom is -0.487 e. The monoisotopic (exact) mass is 462 g/mol. The summed E-state index contributed by atoms with van der Waals surface area (Å²) in [6.45, 7) is 9.46. The summed E-state index contributed by atoms with van der Waals surface area (Å²) in [4.78, 5) is 11.1. The number of benzene rings is 2. The molecule has 0 N–H and O–H groups in total. The van der Waals surface area contributed by atoms with Gasteiger partial charge in [0.2, 0.25) is 5.95 Å². The summed E-state index contributed by atoms with van der Waals surface area (Å²) in [5.74, 6) is 1.48. The minimum atomic E-state index is -0.318. The second kappa shape index (κ2) is 9.78. The van der Waals surface area contributed by atoms with Crippen LogP contribution in [-0.4, -0.2) is 36.3 Å². The number of nitriles is 1. The molecule has 1 saturated heterocycles. The fourth-order valence-corrected chi connectivity index (χ4v) is 4.05. The van der Waals surface area contributed by atoms with Crippen molar-refractivity contribution in [2.75, 3.05) is 31.2 Å². The van der Waals surface area contributed by atoms with Crippen LogP contribution in [0.3, 0.4) is 0 Å². The van der Waals surface area contributed by atoms with E-state index in [9.17, 15) is 5.26 Å². The van der Waals surface area contributed by atoms with Crippen LogP contribution in [0.1, 0.15) is 41.8 Å². The molecule has 0 bridgehead atoms. The van der Waals surface area contributed by atoms with Crippen molar-refractivity contribution in [2.24, 2.45) is 0 Å². The second-order valence-corrected chi connectivity index (χ2v) is 9.04. The van der Waals surface area contributed by atoms with Gasteiger partial charge in [-0.15, -0.1) is 0 Å². The Morgan fingerprint density at radius 2 is 1.85 bits per heavy atom. The molecule has 0 aliphatic carbocycles. The van der Waals surface area contributed by atoms with Gasteiger partial charge in [0.15, 0.2) is 0 Å². The zero-order chi connectivity index (χ0) is 23.4. The van der Waals surface area contributed by atoms with Gasteiger partial charge >= 0.3 is 0 Å². The highest BCUT2D eigenvalue weighted by atomic mass is 35.5. The maximum Gasteiger partial charge on any atom is 0.225 e. The molecule has 33 heavy (non-hydrogen) atoms. The highest BCUT2D eigenvalue weighted by Crippen LogP contribution is 2.35. The summed E-state index contributed by atoms with van der Waals surface area (Å²) in [5.41, 5.74) is 4.03. The van der Waals surface area contributed by atoms with Crippen LogP contribution >= 0.6 is 11.6 Å². The number of rotatable bonds is 6. The lowest BCUT2D eigenvalue weighted by Crippen LogP contribution is -2.37. The topological polar surface area (TPSA) is 71.3 Å². The third-order valence-electron chi connectivity index (χ3n) is 6.14. The van der Waals surface area contributed by atoms with Gasteiger partial charge in [-0.05, 0) is 53.9 Å². The van der Waals surface area contributed by atoms with Crippen molar-refractivity contribution in [1.29, 1.82) is 5.26 Å². The van der Waals surface area contributed by atoms with Gasteiger partial charge in [0.25, 0.3) is 0 Å². The summed E-state index contributed by atoms with van der Waals surface area (Å²) in [5, 5.41) is 10.1. The number of aromatic nitrogens is 2. The Morgan fingerprint density at radius 1 is 1.12 bits per heavy atom. The van der Waals surface area contributed by atoms with Crippen LogP contribution in [0.2, 0.25) is 5.02 Å². The molecule has 0 atom stereocenters. The first-order valence-corrected chi connectivity index (χ1v) is 11.3. The van der Waals surface area contributed by atoms with Crippen LogP contribution in [0.5, 0.6) is 5.75 Å². The SMILES string of the molecule is Cc1c(Cl)cc(C(C)(C)c2ccc(OCc3ccnc(N4CCOCC4)n3)cc2)cc1C#N. The molecule has 0 amide bonds. The third kappa shape index (κ3) is 5.11.